The van der Waals surface area contributed by atoms with Crippen LogP contribution in [0, 0.1) is 0 Å². The molecule has 6 aromatic rings. The Morgan fingerprint density at radius 1 is 0.959 bits per heavy atom. The molecule has 0 bridgehead atoms. The molecule has 2 aromatic heterocycles. The van der Waals surface area contributed by atoms with Crippen molar-refractivity contribution in [3.05, 3.63) is 99.4 Å². The second-order valence-corrected chi connectivity index (χ2v) is 22.2. The number of carboxylic acids is 2. The quantitative estimate of drug-likeness (QED) is 0.0625. The third-order valence-corrected chi connectivity index (χ3v) is 17.7. The van der Waals surface area contributed by atoms with E-state index in [-0.39, 0.29) is 77.5 Å². The summed E-state index contributed by atoms with van der Waals surface area (Å²) in [4.78, 5) is 68.3. The molecule has 4 aromatic carbocycles. The van der Waals surface area contributed by atoms with Crippen LogP contribution < -0.4 is 25.2 Å². The monoisotopic (exact) mass is 1070 g/mol. The Kier molecular flexibility index (Phi) is 12.3. The van der Waals surface area contributed by atoms with E-state index in [1.54, 1.807) is 18.2 Å². The van der Waals surface area contributed by atoms with Gasteiger partial charge in [-0.2, -0.15) is 26.9 Å². The van der Waals surface area contributed by atoms with Crippen LogP contribution in [0.2, 0.25) is 5.02 Å². The van der Waals surface area contributed by atoms with E-state index >= 15 is 8.78 Å². The van der Waals surface area contributed by atoms with Crippen LogP contribution in [0.3, 0.4) is 0 Å². The van der Waals surface area contributed by atoms with Gasteiger partial charge < -0.3 is 29.6 Å². The maximum absolute atomic E-state index is 16.5. The van der Waals surface area contributed by atoms with Crippen molar-refractivity contribution >= 4 is 102 Å². The van der Waals surface area contributed by atoms with Gasteiger partial charge in [-0.3, -0.25) is 24.6 Å². The first kappa shape index (κ1) is 49.7. The van der Waals surface area contributed by atoms with E-state index in [0.717, 1.165) is 32.8 Å². The number of hydrogen-bond donors (Lipinski definition) is 4. The van der Waals surface area contributed by atoms with E-state index in [1.807, 2.05) is 29.2 Å². The Balaban J connectivity index is 0.806. The molecule has 3 amide bonds. The SMILES string of the molecule is CC1(C)CC(Nc2cccc(-c3sc(C(=O)O)c(OC(F)(F)C(=O)O)c3Cl)c2)CCN1S(=O)(=O)C(F)(F)c1ccc2oc(N3CCC(c4ccc5c6c(cccc46)C(=O)N5C4CCC(=O)NC4=O)CC3)nc2c1. The van der Waals surface area contributed by atoms with Crippen molar-refractivity contribution in [2.24, 2.45) is 0 Å². The van der Waals surface area contributed by atoms with Gasteiger partial charge in [0.1, 0.15) is 16.6 Å². The van der Waals surface area contributed by atoms with Gasteiger partial charge in [-0.25, -0.2) is 18.0 Å². The van der Waals surface area contributed by atoms with Crippen LogP contribution in [-0.4, -0.2) is 101 Å². The minimum absolute atomic E-state index is 0.0157. The first-order valence-corrected chi connectivity index (χ1v) is 25.6. The Bertz CT molecular complexity index is 3430. The summed E-state index contributed by atoms with van der Waals surface area (Å²) in [5, 5.41) is 20.8. The normalized spacial score (nSPS) is 20.0. The first-order valence-electron chi connectivity index (χ1n) is 23.0. The Morgan fingerprint density at radius 3 is 2.40 bits per heavy atom. The summed E-state index contributed by atoms with van der Waals surface area (Å²) < 4.78 is 100. The minimum Gasteiger partial charge on any atom is -0.477 e. The average Bonchev–Trinajstić information content (AvgIpc) is 4.00. The lowest BCUT2D eigenvalue weighted by Crippen LogP contribution is -2.58. The van der Waals surface area contributed by atoms with E-state index in [0.29, 0.717) is 54.2 Å². The Hall–Kier alpha value is -6.82. The molecule has 2 unspecified atom stereocenters. The second-order valence-electron chi connectivity index (χ2n) is 18.9. The number of carbonyl (C=O) groups is 5. The van der Waals surface area contributed by atoms with Gasteiger partial charge >= 0.3 is 23.3 Å². The number of piperidine rings is 3. The van der Waals surface area contributed by atoms with Crippen LogP contribution in [-0.2, 0) is 29.7 Å². The van der Waals surface area contributed by atoms with Crippen molar-refractivity contribution in [1.29, 1.82) is 0 Å². The fraction of sp³-hybridized carbons (Fsp3) is 0.347. The molecule has 17 nitrogen and oxygen atoms in total. The third-order valence-electron chi connectivity index (χ3n) is 13.9. The number of aromatic carboxylic acids is 1. The highest BCUT2D eigenvalue weighted by Crippen LogP contribution is 2.49. The molecule has 10 rings (SSSR count). The highest BCUT2D eigenvalue weighted by molar-refractivity contribution is 7.89. The number of benzene rings is 4. The number of anilines is 3. The zero-order chi connectivity index (χ0) is 52.1. The number of fused-ring (bicyclic) bond motifs is 1. The molecule has 4 aliphatic rings. The number of aliphatic carboxylic acids is 1. The predicted molar refractivity (Wildman–Crippen MR) is 260 cm³/mol. The first-order chi connectivity index (χ1) is 34.5. The highest BCUT2D eigenvalue weighted by atomic mass is 35.5. The average molecular weight is 1070 g/mol. The molecule has 3 saturated heterocycles. The zero-order valence-corrected chi connectivity index (χ0v) is 41.0. The van der Waals surface area contributed by atoms with E-state index in [4.69, 9.17) is 21.1 Å². The summed E-state index contributed by atoms with van der Waals surface area (Å²) in [7, 11) is -5.35. The number of carbonyl (C=O) groups excluding carboxylic acids is 3. The van der Waals surface area contributed by atoms with Gasteiger partial charge in [-0.05, 0) is 111 Å². The van der Waals surface area contributed by atoms with Gasteiger partial charge in [-0.1, -0.05) is 41.9 Å². The molecule has 382 valence electrons. The molecule has 0 radical (unpaired) electrons. The van der Waals surface area contributed by atoms with E-state index in [9.17, 15) is 46.3 Å². The number of alkyl halides is 4. The number of aromatic nitrogens is 1. The largest absolute Gasteiger partial charge is 0.502 e. The lowest BCUT2D eigenvalue weighted by atomic mass is 9.85. The molecule has 4 aliphatic heterocycles. The lowest BCUT2D eigenvalue weighted by molar-refractivity contribution is -0.210. The fourth-order valence-corrected chi connectivity index (χ4v) is 13.6. The van der Waals surface area contributed by atoms with Crippen LogP contribution in [0.4, 0.5) is 35.0 Å². The maximum Gasteiger partial charge on any atom is 0.502 e. The molecule has 6 heterocycles. The van der Waals surface area contributed by atoms with Crippen molar-refractivity contribution in [3.8, 4) is 16.2 Å². The van der Waals surface area contributed by atoms with Gasteiger partial charge in [0, 0.05) is 59.8 Å². The number of sulfonamides is 1. The van der Waals surface area contributed by atoms with Crippen molar-refractivity contribution in [3.63, 3.8) is 0 Å². The van der Waals surface area contributed by atoms with Crippen LogP contribution in [0.15, 0.2) is 77.2 Å². The number of amides is 3. The number of nitrogens with one attached hydrogen (secondary N) is 2. The number of rotatable bonds is 13. The Labute approximate surface area is 421 Å². The van der Waals surface area contributed by atoms with Crippen LogP contribution >= 0.6 is 22.9 Å². The van der Waals surface area contributed by atoms with E-state index in [2.05, 4.69) is 20.4 Å². The summed E-state index contributed by atoms with van der Waals surface area (Å²) in [5.41, 5.74) is 0.879. The van der Waals surface area contributed by atoms with E-state index < -0.39 is 78.1 Å². The number of imide groups is 1. The smallest absolute Gasteiger partial charge is 0.477 e. The molecule has 4 N–H and O–H groups in total. The Morgan fingerprint density at radius 2 is 1.70 bits per heavy atom. The molecule has 0 aliphatic carbocycles. The predicted octanol–water partition coefficient (Wildman–Crippen LogP) is 9.00. The maximum atomic E-state index is 16.5. The number of halogens is 5. The van der Waals surface area contributed by atoms with Gasteiger partial charge in [0.15, 0.2) is 16.2 Å². The summed E-state index contributed by atoms with van der Waals surface area (Å²) in [6.45, 7) is 3.72. The molecule has 73 heavy (non-hydrogen) atoms. The van der Waals surface area contributed by atoms with Crippen LogP contribution in [0.25, 0.3) is 32.3 Å². The van der Waals surface area contributed by atoms with Crippen LogP contribution in [0.1, 0.15) is 89.4 Å². The summed E-state index contributed by atoms with van der Waals surface area (Å²) in [6.07, 6.45) is -2.99. The molecule has 0 saturated carbocycles. The van der Waals surface area contributed by atoms with Gasteiger partial charge in [0.25, 0.3) is 21.9 Å². The summed E-state index contributed by atoms with van der Waals surface area (Å²) in [5.74, 6) is -6.48. The minimum atomic E-state index is -5.35. The van der Waals surface area contributed by atoms with Crippen molar-refractivity contribution in [2.75, 3.05) is 34.8 Å². The molecule has 2 atom stereocenters. The fourth-order valence-electron chi connectivity index (χ4n) is 10.4. The molecule has 24 heteroatoms. The standard InChI is InChI=1S/C49H43ClF4N6O11S2/c1-47(2)23-28(55-27-6-3-5-25(21-27)40-38(50)39(41(72-40)44(64)65)71-48(51,52)45(66)67)17-20-59(47)73(68,69)49(53,54)26-9-13-35-32(22-26)56-46(70-35)58-18-15-24(16-19-58)29-10-11-33-37-30(29)7-4-8-31(37)43(63)60(33)34-12-14-36(61)57-42(34)62/h3-11,13,21-22,24,28,34,55H,12,14-20,23H2,1-2H3,(H,64,65)(H,66,67)(H,57,61,62). The number of oxazole rings is 1. The van der Waals surface area contributed by atoms with Crippen molar-refractivity contribution in [1.82, 2.24) is 14.6 Å². The van der Waals surface area contributed by atoms with Gasteiger partial charge in [0.2, 0.25) is 11.8 Å². The summed E-state index contributed by atoms with van der Waals surface area (Å²) >= 11 is 6.78. The zero-order valence-electron chi connectivity index (χ0n) is 38.6. The van der Waals surface area contributed by atoms with Gasteiger partial charge in [0.05, 0.1) is 10.6 Å². The molecular weight excluding hydrogens is 1020 g/mol. The summed E-state index contributed by atoms with van der Waals surface area (Å²) in [6, 6.07) is 17.7. The van der Waals surface area contributed by atoms with E-state index in [1.165, 1.54) is 36.9 Å². The third kappa shape index (κ3) is 8.58. The van der Waals surface area contributed by atoms with Crippen molar-refractivity contribution < 1.29 is 69.3 Å². The lowest BCUT2D eigenvalue weighted by Gasteiger charge is -2.45. The molecular formula is C49H43ClF4N6O11S2. The van der Waals surface area contributed by atoms with Crippen LogP contribution in [0.5, 0.6) is 5.75 Å². The number of hydrogen-bond acceptors (Lipinski definition) is 13. The second kappa shape index (κ2) is 18.0. The van der Waals surface area contributed by atoms with Gasteiger partial charge in [-0.15, -0.1) is 11.3 Å². The number of ether oxygens (including phenoxy) is 1. The topological polar surface area (TPSA) is 229 Å². The highest BCUT2D eigenvalue weighted by Gasteiger charge is 2.56. The molecule has 3 fully saturated rings. The number of thiophene rings is 1. The molecule has 0 spiro atoms. The number of carboxylic acid groups (broad SMARTS) is 2. The van der Waals surface area contributed by atoms with Crippen molar-refractivity contribution in [2.45, 2.75) is 87.3 Å². The number of nitrogens with zero attached hydrogens (tertiary/aromatic N) is 4.